The highest BCUT2D eigenvalue weighted by molar-refractivity contribution is 5.65. The molecule has 0 saturated heterocycles. The van der Waals surface area contributed by atoms with Crippen LogP contribution in [0.1, 0.15) is 101 Å². The Hall–Kier alpha value is -3.10. The molecular formula is C36H38F8O. The predicted octanol–water partition coefficient (Wildman–Crippen LogP) is 12.0. The molecule has 45 heavy (non-hydrogen) atoms. The number of hydrogen-bond donors (Lipinski definition) is 0. The first-order chi connectivity index (χ1) is 21.5. The van der Waals surface area contributed by atoms with E-state index >= 15 is 17.6 Å². The zero-order chi connectivity index (χ0) is 32.3. The number of alkyl halides is 2. The Balaban J connectivity index is 1.21. The van der Waals surface area contributed by atoms with Gasteiger partial charge in [0, 0.05) is 11.6 Å². The number of hydrogen-bond acceptors (Lipinski definition) is 1. The Kier molecular flexibility index (Phi) is 10.4. The van der Waals surface area contributed by atoms with Crippen molar-refractivity contribution in [1.29, 1.82) is 0 Å². The Morgan fingerprint density at radius 3 is 1.80 bits per heavy atom. The fourth-order valence-corrected chi connectivity index (χ4v) is 7.37. The minimum absolute atomic E-state index is 0.137. The summed E-state index contributed by atoms with van der Waals surface area (Å²) in [5.74, 6) is -7.85. The van der Waals surface area contributed by atoms with Gasteiger partial charge in [0.05, 0.1) is 0 Å². The number of benzene rings is 3. The van der Waals surface area contributed by atoms with E-state index in [0.717, 1.165) is 55.9 Å². The van der Waals surface area contributed by atoms with Crippen LogP contribution in [0.5, 0.6) is 5.75 Å². The second-order valence-electron chi connectivity index (χ2n) is 12.8. The number of rotatable bonds is 10. The molecule has 5 rings (SSSR count). The SMILES string of the molecule is CCCCCC1CCC(C2CCC(c3cc(F)c(C(F)(F)Oc4ccc(-c5cc(F)c(F)c(F)c5)c(F)c4)c(F)c3)CC2)CC1. The zero-order valence-electron chi connectivity index (χ0n) is 25.3. The molecule has 2 aliphatic rings. The Morgan fingerprint density at radius 1 is 0.667 bits per heavy atom. The van der Waals surface area contributed by atoms with Gasteiger partial charge in [-0.25, -0.2) is 26.3 Å². The van der Waals surface area contributed by atoms with E-state index in [9.17, 15) is 17.6 Å². The molecule has 1 nitrogen and oxygen atoms in total. The van der Waals surface area contributed by atoms with E-state index in [4.69, 9.17) is 0 Å². The van der Waals surface area contributed by atoms with Gasteiger partial charge in [-0.2, -0.15) is 8.78 Å². The molecule has 0 N–H and O–H groups in total. The van der Waals surface area contributed by atoms with Crippen molar-refractivity contribution in [2.24, 2.45) is 17.8 Å². The predicted molar refractivity (Wildman–Crippen MR) is 157 cm³/mol. The summed E-state index contributed by atoms with van der Waals surface area (Å²) in [6.45, 7) is 2.22. The maximum Gasteiger partial charge on any atom is 0.432 e. The normalized spacial score (nSPS) is 22.4. The topological polar surface area (TPSA) is 9.23 Å². The molecule has 0 radical (unpaired) electrons. The Labute approximate surface area is 259 Å². The van der Waals surface area contributed by atoms with Crippen molar-refractivity contribution in [2.75, 3.05) is 0 Å². The lowest BCUT2D eigenvalue weighted by molar-refractivity contribution is -0.189. The van der Waals surface area contributed by atoms with Crippen molar-refractivity contribution in [3.63, 3.8) is 0 Å². The van der Waals surface area contributed by atoms with E-state index in [1.54, 1.807) is 0 Å². The third kappa shape index (κ3) is 7.66. The lowest BCUT2D eigenvalue weighted by Crippen LogP contribution is -2.27. The third-order valence-corrected chi connectivity index (χ3v) is 9.85. The van der Waals surface area contributed by atoms with Crippen molar-refractivity contribution >= 4 is 0 Å². The molecule has 244 valence electrons. The molecule has 0 atom stereocenters. The van der Waals surface area contributed by atoms with Crippen LogP contribution in [0.2, 0.25) is 0 Å². The van der Waals surface area contributed by atoms with Crippen LogP contribution in [0, 0.1) is 52.7 Å². The molecule has 0 unspecified atom stereocenters. The van der Waals surface area contributed by atoms with Gasteiger partial charge in [-0.05, 0) is 110 Å². The summed E-state index contributed by atoms with van der Waals surface area (Å²) in [5, 5.41) is 0. The molecule has 0 heterocycles. The summed E-state index contributed by atoms with van der Waals surface area (Å²) < 4.78 is 120. The fourth-order valence-electron chi connectivity index (χ4n) is 7.37. The van der Waals surface area contributed by atoms with Gasteiger partial charge in [-0.1, -0.05) is 45.4 Å². The van der Waals surface area contributed by atoms with Crippen molar-refractivity contribution in [3.8, 4) is 16.9 Å². The first kappa shape index (κ1) is 33.3. The van der Waals surface area contributed by atoms with Crippen LogP contribution in [0.3, 0.4) is 0 Å². The summed E-state index contributed by atoms with van der Waals surface area (Å²) in [4.78, 5) is 0. The molecule has 0 bridgehead atoms. The highest BCUT2D eigenvalue weighted by atomic mass is 19.3. The zero-order valence-corrected chi connectivity index (χ0v) is 25.3. The van der Waals surface area contributed by atoms with Crippen LogP contribution in [-0.4, -0.2) is 0 Å². The highest BCUT2D eigenvalue weighted by Gasteiger charge is 2.42. The Bertz CT molecular complexity index is 1430. The van der Waals surface area contributed by atoms with Crippen molar-refractivity contribution < 1.29 is 39.9 Å². The van der Waals surface area contributed by atoms with Gasteiger partial charge in [0.1, 0.15) is 28.8 Å². The monoisotopic (exact) mass is 638 g/mol. The molecule has 3 aromatic carbocycles. The van der Waals surface area contributed by atoms with Crippen LogP contribution in [-0.2, 0) is 6.11 Å². The molecule has 0 spiro atoms. The first-order valence-electron chi connectivity index (χ1n) is 16.0. The molecule has 0 aromatic heterocycles. The summed E-state index contributed by atoms with van der Waals surface area (Å²) in [7, 11) is 0. The molecule has 0 aliphatic heterocycles. The van der Waals surface area contributed by atoms with Gasteiger partial charge in [0.2, 0.25) is 0 Å². The molecule has 0 amide bonds. The summed E-state index contributed by atoms with van der Waals surface area (Å²) in [5.41, 5.74) is -2.07. The standard InChI is InChI=1S/C36H38F8O/c1-2-3-4-5-21-6-8-22(9-7-21)23-10-12-24(13-11-23)25-16-30(38)34(31(39)17-25)36(43,44)45-27-14-15-28(29(37)20-27)26-18-32(40)35(42)33(41)19-26/h14-24H,2-13H2,1H3. The highest BCUT2D eigenvalue weighted by Crippen LogP contribution is 2.46. The van der Waals surface area contributed by atoms with Crippen LogP contribution in [0.15, 0.2) is 42.5 Å². The fraction of sp³-hybridized carbons (Fsp3) is 0.500. The number of ether oxygens (including phenoxy) is 1. The second kappa shape index (κ2) is 14.1. The summed E-state index contributed by atoms with van der Waals surface area (Å²) >= 11 is 0. The van der Waals surface area contributed by atoms with E-state index in [0.29, 0.717) is 35.6 Å². The number of halogens is 8. The van der Waals surface area contributed by atoms with E-state index in [-0.39, 0.29) is 11.5 Å². The van der Waals surface area contributed by atoms with Gasteiger partial charge in [0.25, 0.3) is 0 Å². The minimum Gasteiger partial charge on any atom is -0.429 e. The number of unbranched alkanes of at least 4 members (excludes halogenated alkanes) is 2. The van der Waals surface area contributed by atoms with E-state index < -0.39 is 57.9 Å². The van der Waals surface area contributed by atoms with Gasteiger partial charge in [-0.15, -0.1) is 0 Å². The molecule has 2 aliphatic carbocycles. The second-order valence-corrected chi connectivity index (χ2v) is 12.8. The van der Waals surface area contributed by atoms with Crippen molar-refractivity contribution in [2.45, 2.75) is 96.0 Å². The third-order valence-electron chi connectivity index (χ3n) is 9.85. The van der Waals surface area contributed by atoms with E-state index in [2.05, 4.69) is 11.7 Å². The molecule has 9 heteroatoms. The minimum atomic E-state index is -4.50. The molecular weight excluding hydrogens is 600 g/mol. The van der Waals surface area contributed by atoms with Crippen LogP contribution in [0.25, 0.3) is 11.1 Å². The van der Waals surface area contributed by atoms with Crippen molar-refractivity contribution in [3.05, 3.63) is 88.5 Å². The quantitative estimate of drug-likeness (QED) is 0.122. The van der Waals surface area contributed by atoms with Crippen LogP contribution < -0.4 is 4.74 Å². The summed E-state index contributed by atoms with van der Waals surface area (Å²) in [6.07, 6.45) is 9.01. The van der Waals surface area contributed by atoms with Gasteiger partial charge in [0.15, 0.2) is 17.5 Å². The lowest BCUT2D eigenvalue weighted by atomic mass is 9.68. The average Bonchev–Trinajstić information content (AvgIpc) is 2.99. The van der Waals surface area contributed by atoms with Gasteiger partial charge < -0.3 is 4.74 Å². The molecule has 2 fully saturated rings. The van der Waals surface area contributed by atoms with Crippen LogP contribution >= 0.6 is 0 Å². The molecule has 3 aromatic rings. The largest absolute Gasteiger partial charge is 0.432 e. The maximum absolute atomic E-state index is 15.1. The Morgan fingerprint density at radius 2 is 1.24 bits per heavy atom. The maximum atomic E-state index is 15.1. The summed E-state index contributed by atoms with van der Waals surface area (Å²) in [6, 6.07) is 5.19. The van der Waals surface area contributed by atoms with E-state index in [1.165, 1.54) is 51.4 Å². The van der Waals surface area contributed by atoms with Gasteiger partial charge in [-0.3, -0.25) is 0 Å². The van der Waals surface area contributed by atoms with Gasteiger partial charge >= 0.3 is 6.11 Å². The molecule has 2 saturated carbocycles. The average molecular weight is 639 g/mol. The van der Waals surface area contributed by atoms with Crippen LogP contribution in [0.4, 0.5) is 35.1 Å². The van der Waals surface area contributed by atoms with Crippen molar-refractivity contribution in [1.82, 2.24) is 0 Å². The smallest absolute Gasteiger partial charge is 0.429 e. The first-order valence-corrected chi connectivity index (χ1v) is 16.0. The lowest BCUT2D eigenvalue weighted by Gasteiger charge is -2.38. The van der Waals surface area contributed by atoms with E-state index in [1.807, 2.05) is 0 Å².